The molecule has 0 spiro atoms. The molecule has 7 nitrogen and oxygen atoms in total. The van der Waals surface area contributed by atoms with Gasteiger partial charge >= 0.3 is 0 Å². The molecule has 5 rings (SSSR count). The Morgan fingerprint density at radius 3 is 2.86 bits per heavy atom. The summed E-state index contributed by atoms with van der Waals surface area (Å²) < 4.78 is 6.33. The molecule has 0 unspecified atom stereocenters. The summed E-state index contributed by atoms with van der Waals surface area (Å²) in [4.78, 5) is 31.4. The van der Waals surface area contributed by atoms with Crippen molar-refractivity contribution in [2.24, 2.45) is 0 Å². The van der Waals surface area contributed by atoms with Gasteiger partial charge in [0.15, 0.2) is 0 Å². The Morgan fingerprint density at radius 1 is 1.17 bits per heavy atom. The van der Waals surface area contributed by atoms with Gasteiger partial charge in [-0.1, -0.05) is 22.4 Å². The van der Waals surface area contributed by atoms with Crippen molar-refractivity contribution >= 4 is 45.1 Å². The summed E-state index contributed by atoms with van der Waals surface area (Å²) >= 11 is 3.53. The number of hydrogen-bond donors (Lipinski definition) is 3. The lowest BCUT2D eigenvalue weighted by Crippen LogP contribution is -2.41. The summed E-state index contributed by atoms with van der Waals surface area (Å²) in [5.41, 5.74) is 7.17. The lowest BCUT2D eigenvalue weighted by molar-refractivity contribution is -0.121. The molecule has 1 fully saturated rings. The number of H-pyrrole nitrogens is 1. The second kappa shape index (κ2) is 11.1. The van der Waals surface area contributed by atoms with Crippen LogP contribution < -0.4 is 10.6 Å². The molecule has 1 aromatic heterocycles. The number of amides is 2. The first-order valence-corrected chi connectivity index (χ1v) is 13.5. The van der Waals surface area contributed by atoms with Crippen LogP contribution in [0.4, 0.5) is 5.69 Å². The van der Waals surface area contributed by atoms with Gasteiger partial charge < -0.3 is 20.4 Å². The van der Waals surface area contributed by atoms with E-state index in [-0.39, 0.29) is 11.8 Å². The molecule has 0 bridgehead atoms. The molecule has 2 amide bonds. The molecular weight excluding hydrogens is 508 g/mol. The monoisotopic (exact) mass is 540 g/mol. The number of morpholine rings is 1. The van der Waals surface area contributed by atoms with Crippen LogP contribution in [-0.4, -0.2) is 61.1 Å². The third kappa shape index (κ3) is 5.71. The van der Waals surface area contributed by atoms with Gasteiger partial charge in [-0.25, -0.2) is 0 Å². The van der Waals surface area contributed by atoms with Gasteiger partial charge in [-0.2, -0.15) is 0 Å². The average Bonchev–Trinajstić information content (AvgIpc) is 3.23. The van der Waals surface area contributed by atoms with Crippen LogP contribution in [0.5, 0.6) is 0 Å². The zero-order chi connectivity index (χ0) is 24.2. The zero-order valence-corrected chi connectivity index (χ0v) is 21.6. The number of aromatic amines is 1. The molecule has 2 aliphatic heterocycles. The fraction of sp³-hybridized carbons (Fsp3) is 0.481. The average molecular weight is 541 g/mol. The summed E-state index contributed by atoms with van der Waals surface area (Å²) in [6.07, 6.45) is 8.69. The third-order valence-electron chi connectivity index (χ3n) is 7.20. The first-order valence-electron chi connectivity index (χ1n) is 12.7. The zero-order valence-electron chi connectivity index (χ0n) is 20.1. The largest absolute Gasteiger partial charge is 0.379 e. The van der Waals surface area contributed by atoms with Crippen molar-refractivity contribution in [3.8, 4) is 0 Å². The predicted octanol–water partition coefficient (Wildman–Crippen LogP) is 3.92. The molecule has 3 heterocycles. The number of fused-ring (bicyclic) bond motifs is 2. The third-order valence-corrected chi connectivity index (χ3v) is 7.70. The van der Waals surface area contributed by atoms with Crippen LogP contribution in [-0.2, 0) is 33.6 Å². The lowest BCUT2D eigenvalue weighted by atomic mass is 9.98. The quantitative estimate of drug-likeness (QED) is 0.367. The van der Waals surface area contributed by atoms with Crippen molar-refractivity contribution in [2.45, 2.75) is 44.9 Å². The van der Waals surface area contributed by atoms with Crippen LogP contribution in [0, 0.1) is 0 Å². The van der Waals surface area contributed by atoms with E-state index in [1.165, 1.54) is 29.7 Å². The van der Waals surface area contributed by atoms with Crippen LogP contribution in [0.2, 0.25) is 0 Å². The minimum Gasteiger partial charge on any atom is -0.379 e. The van der Waals surface area contributed by atoms with E-state index in [9.17, 15) is 9.59 Å². The summed E-state index contributed by atoms with van der Waals surface area (Å²) in [7, 11) is 0. The number of aromatic nitrogens is 1. The molecule has 0 radical (unpaired) electrons. The van der Waals surface area contributed by atoms with Crippen molar-refractivity contribution in [3.63, 3.8) is 0 Å². The molecule has 1 aliphatic carbocycles. The Morgan fingerprint density at radius 2 is 2.00 bits per heavy atom. The Balaban J connectivity index is 1.32. The Kier molecular flexibility index (Phi) is 7.70. The number of anilines is 1. The number of halogens is 1. The normalized spacial score (nSPS) is 19.2. The number of carbonyl (C=O) groups excluding carboxylic acids is 2. The molecule has 0 saturated carbocycles. The molecular formula is C27H33BrN4O3. The summed E-state index contributed by atoms with van der Waals surface area (Å²) in [6.45, 7) is 4.91. The number of rotatable bonds is 7. The van der Waals surface area contributed by atoms with Crippen molar-refractivity contribution in [2.75, 3.05) is 44.7 Å². The first kappa shape index (κ1) is 24.3. The van der Waals surface area contributed by atoms with Crippen LogP contribution in [0.3, 0.4) is 0 Å². The number of aryl methyl sites for hydroxylation is 1. The molecule has 0 atom stereocenters. The number of nitrogens with zero attached hydrogens (tertiary/aromatic N) is 1. The van der Waals surface area contributed by atoms with Gasteiger partial charge in [0.25, 0.3) is 5.91 Å². The van der Waals surface area contributed by atoms with Crippen LogP contribution in [0.25, 0.3) is 11.6 Å². The minimum atomic E-state index is -0.0882. The molecule has 2 aromatic rings. The van der Waals surface area contributed by atoms with E-state index >= 15 is 0 Å². The molecule has 1 aromatic carbocycles. The van der Waals surface area contributed by atoms with Gasteiger partial charge in [-0.05, 0) is 67.5 Å². The fourth-order valence-corrected chi connectivity index (χ4v) is 5.68. The van der Waals surface area contributed by atoms with Gasteiger partial charge in [-0.15, -0.1) is 0 Å². The van der Waals surface area contributed by atoms with E-state index in [4.69, 9.17) is 4.74 Å². The van der Waals surface area contributed by atoms with Crippen molar-refractivity contribution in [3.05, 3.63) is 50.8 Å². The SMILES string of the molecule is O=C(CCc1c(C=C2C(=O)Nc3ccc(Br)cc32)[nH]c2c1CCCCC2)NCCN1CCOCC1. The van der Waals surface area contributed by atoms with Crippen LogP contribution in [0.15, 0.2) is 22.7 Å². The molecule has 3 N–H and O–H groups in total. The Bertz CT molecular complexity index is 1130. The Hall–Kier alpha value is -2.42. The second-order valence-corrected chi connectivity index (χ2v) is 10.5. The molecule has 3 aliphatic rings. The summed E-state index contributed by atoms with van der Waals surface area (Å²) in [5.74, 6) is -0.0111. The number of benzene rings is 1. The predicted molar refractivity (Wildman–Crippen MR) is 141 cm³/mol. The molecule has 186 valence electrons. The maximum Gasteiger partial charge on any atom is 0.256 e. The number of ether oxygens (including phenoxy) is 1. The van der Waals surface area contributed by atoms with E-state index in [1.807, 2.05) is 24.3 Å². The standard InChI is InChI=1S/C27H33BrN4O3/c28-18-6-8-24-21(16-18)22(27(34)31-24)17-25-20(19-4-2-1-3-5-23(19)30-25)7-9-26(33)29-10-11-32-12-14-35-15-13-32/h6,8,16-17,30H,1-5,7,9-15H2,(H,29,33)(H,31,34). The van der Waals surface area contributed by atoms with Crippen molar-refractivity contribution in [1.29, 1.82) is 0 Å². The van der Waals surface area contributed by atoms with E-state index in [2.05, 4.69) is 36.4 Å². The summed E-state index contributed by atoms with van der Waals surface area (Å²) in [5, 5.41) is 6.06. The van der Waals surface area contributed by atoms with Crippen LogP contribution in [0.1, 0.15) is 53.8 Å². The molecule has 1 saturated heterocycles. The highest BCUT2D eigenvalue weighted by molar-refractivity contribution is 9.10. The smallest absolute Gasteiger partial charge is 0.256 e. The maximum absolute atomic E-state index is 12.8. The topological polar surface area (TPSA) is 86.5 Å². The van der Waals surface area contributed by atoms with E-state index in [0.29, 0.717) is 25.0 Å². The van der Waals surface area contributed by atoms with Crippen molar-refractivity contribution in [1.82, 2.24) is 15.2 Å². The number of nitrogens with one attached hydrogen (secondary N) is 3. The molecule has 35 heavy (non-hydrogen) atoms. The van der Waals surface area contributed by atoms with Gasteiger partial charge in [0, 0.05) is 59.7 Å². The van der Waals surface area contributed by atoms with Crippen LogP contribution >= 0.6 is 15.9 Å². The highest BCUT2D eigenvalue weighted by Crippen LogP contribution is 2.36. The number of hydrogen-bond acceptors (Lipinski definition) is 4. The van der Waals surface area contributed by atoms with Gasteiger partial charge in [0.2, 0.25) is 5.91 Å². The highest BCUT2D eigenvalue weighted by atomic mass is 79.9. The minimum absolute atomic E-state index is 0.0771. The van der Waals surface area contributed by atoms with E-state index in [1.54, 1.807) is 0 Å². The van der Waals surface area contributed by atoms with E-state index < -0.39 is 0 Å². The van der Waals surface area contributed by atoms with E-state index in [0.717, 1.165) is 73.5 Å². The first-order chi connectivity index (χ1) is 17.1. The highest BCUT2D eigenvalue weighted by Gasteiger charge is 2.26. The second-order valence-electron chi connectivity index (χ2n) is 9.54. The lowest BCUT2D eigenvalue weighted by Gasteiger charge is -2.26. The van der Waals surface area contributed by atoms with Gasteiger partial charge in [0.1, 0.15) is 0 Å². The Labute approximate surface area is 214 Å². The maximum atomic E-state index is 12.8. The summed E-state index contributed by atoms with van der Waals surface area (Å²) in [6, 6.07) is 5.83. The van der Waals surface area contributed by atoms with Gasteiger partial charge in [0.05, 0.1) is 18.8 Å². The molecule has 8 heteroatoms. The van der Waals surface area contributed by atoms with Gasteiger partial charge in [-0.3, -0.25) is 14.5 Å². The fourth-order valence-electron chi connectivity index (χ4n) is 5.32. The number of carbonyl (C=O) groups is 2. The van der Waals surface area contributed by atoms with Crippen molar-refractivity contribution < 1.29 is 14.3 Å².